The molecule has 0 aliphatic carbocycles. The van der Waals surface area contributed by atoms with Crippen molar-refractivity contribution in [2.45, 2.75) is 45.0 Å². The first-order chi connectivity index (χ1) is 9.65. The van der Waals surface area contributed by atoms with Crippen LogP contribution in [0.5, 0.6) is 5.75 Å². The molecule has 0 aliphatic heterocycles. The van der Waals surface area contributed by atoms with E-state index >= 15 is 0 Å². The van der Waals surface area contributed by atoms with E-state index in [2.05, 4.69) is 49.8 Å². The van der Waals surface area contributed by atoms with Crippen molar-refractivity contribution in [2.75, 3.05) is 6.61 Å². The maximum atomic E-state index is 12.9. The molecule has 0 spiro atoms. The molecule has 118 valence electrons. The van der Waals surface area contributed by atoms with Crippen LogP contribution in [-0.2, 0) is 4.43 Å². The van der Waals surface area contributed by atoms with Crippen LogP contribution in [0.4, 0.5) is 4.39 Å². The lowest BCUT2D eigenvalue weighted by Crippen LogP contribution is -2.44. The van der Waals surface area contributed by atoms with E-state index in [-0.39, 0.29) is 17.0 Å². The van der Waals surface area contributed by atoms with E-state index in [4.69, 9.17) is 9.16 Å². The van der Waals surface area contributed by atoms with Crippen molar-refractivity contribution in [3.8, 4) is 5.75 Å². The maximum Gasteiger partial charge on any atom is 0.193 e. The molecular formula is C16H24BrFO2Si. The zero-order valence-corrected chi connectivity index (χ0v) is 15.9. The molecule has 21 heavy (non-hydrogen) atoms. The summed E-state index contributed by atoms with van der Waals surface area (Å²) in [4.78, 5) is 1.79. The van der Waals surface area contributed by atoms with Gasteiger partial charge in [0.25, 0.3) is 0 Å². The predicted molar refractivity (Wildman–Crippen MR) is 92.0 cm³/mol. The van der Waals surface area contributed by atoms with Crippen molar-refractivity contribution < 1.29 is 13.6 Å². The highest BCUT2D eigenvalue weighted by Gasteiger charge is 2.38. The van der Waals surface area contributed by atoms with Gasteiger partial charge in [0.15, 0.2) is 8.32 Å². The fourth-order valence-corrected chi connectivity index (χ4v) is 3.07. The lowest BCUT2D eigenvalue weighted by molar-refractivity contribution is 0.150. The molecule has 5 heteroatoms. The second-order valence-corrected chi connectivity index (χ2v) is 11.8. The molecule has 1 rings (SSSR count). The summed E-state index contributed by atoms with van der Waals surface area (Å²) in [6.45, 7) is 11.4. The summed E-state index contributed by atoms with van der Waals surface area (Å²) in [6.07, 6.45) is 1.81. The van der Waals surface area contributed by atoms with Gasteiger partial charge in [0, 0.05) is 0 Å². The monoisotopic (exact) mass is 374 g/mol. The number of benzene rings is 1. The first kappa shape index (κ1) is 18.4. The third-order valence-electron chi connectivity index (χ3n) is 3.77. The van der Waals surface area contributed by atoms with E-state index in [1.165, 1.54) is 12.1 Å². The van der Waals surface area contributed by atoms with Crippen molar-refractivity contribution in [3.63, 3.8) is 0 Å². The van der Waals surface area contributed by atoms with Gasteiger partial charge in [-0.3, -0.25) is 0 Å². The summed E-state index contributed by atoms with van der Waals surface area (Å²) in [7, 11) is -1.86. The highest BCUT2D eigenvalue weighted by molar-refractivity contribution is 9.11. The Bertz CT molecular complexity index is 466. The highest BCUT2D eigenvalue weighted by Crippen LogP contribution is 2.37. The quantitative estimate of drug-likeness (QED) is 0.611. The molecule has 0 heterocycles. The molecular weight excluding hydrogens is 351 g/mol. The molecule has 2 nitrogen and oxygen atoms in total. The Balaban J connectivity index is 2.68. The second-order valence-electron chi connectivity index (χ2n) is 6.50. The average Bonchev–Trinajstić information content (AvgIpc) is 2.36. The molecule has 0 amide bonds. The topological polar surface area (TPSA) is 18.5 Å². The Morgan fingerprint density at radius 2 is 1.81 bits per heavy atom. The van der Waals surface area contributed by atoms with Crippen LogP contribution in [0, 0.1) is 5.82 Å². The van der Waals surface area contributed by atoms with Gasteiger partial charge in [-0.05, 0) is 53.5 Å². The molecule has 0 fully saturated rings. The smallest absolute Gasteiger partial charge is 0.193 e. The summed E-state index contributed by atoms with van der Waals surface area (Å²) in [5.74, 6) is 0.375. The number of rotatable bonds is 6. The Kier molecular flexibility index (Phi) is 6.62. The first-order valence-electron chi connectivity index (χ1n) is 6.99. The van der Waals surface area contributed by atoms with Gasteiger partial charge < -0.3 is 9.16 Å². The number of halogens is 2. The molecule has 0 radical (unpaired) electrons. The molecule has 0 aliphatic rings. The highest BCUT2D eigenvalue weighted by atomic mass is 79.9. The van der Waals surface area contributed by atoms with Gasteiger partial charge in [-0.2, -0.15) is 0 Å². The molecule has 0 bridgehead atoms. The predicted octanol–water partition coefficient (Wildman–Crippen LogP) is 5.50. The van der Waals surface area contributed by atoms with Gasteiger partial charge in [-0.1, -0.05) is 36.7 Å². The third kappa shape index (κ3) is 5.92. The summed E-state index contributed by atoms with van der Waals surface area (Å²) in [5, 5.41) is 0.140. The summed E-state index contributed by atoms with van der Waals surface area (Å²) in [5.41, 5.74) is 0. The minimum absolute atomic E-state index is 0.129. The van der Waals surface area contributed by atoms with Crippen molar-refractivity contribution in [1.82, 2.24) is 0 Å². The van der Waals surface area contributed by atoms with E-state index in [1.54, 1.807) is 17.1 Å². The van der Waals surface area contributed by atoms with Crippen LogP contribution in [-0.4, -0.2) is 21.0 Å². The van der Waals surface area contributed by atoms with E-state index in [9.17, 15) is 4.39 Å². The van der Waals surface area contributed by atoms with Crippen LogP contribution in [0.15, 0.2) is 35.3 Å². The SMILES string of the molecule is CC(C)(C)[Si](C)(C)O[C@@H](/C=C/Br)COc1ccc(F)cc1. The Morgan fingerprint density at radius 1 is 1.24 bits per heavy atom. The van der Waals surface area contributed by atoms with Crippen LogP contribution in [0.3, 0.4) is 0 Å². The molecule has 0 N–H and O–H groups in total. The Hall–Kier alpha value is -0.653. The van der Waals surface area contributed by atoms with Gasteiger partial charge in [0.05, 0.1) is 6.10 Å². The fraction of sp³-hybridized carbons (Fsp3) is 0.500. The molecule has 0 saturated heterocycles. The number of hydrogen-bond donors (Lipinski definition) is 0. The Labute approximate surface area is 136 Å². The second kappa shape index (κ2) is 7.56. The van der Waals surface area contributed by atoms with E-state index < -0.39 is 8.32 Å². The van der Waals surface area contributed by atoms with E-state index in [1.807, 2.05) is 6.08 Å². The fourth-order valence-electron chi connectivity index (χ4n) is 1.47. The van der Waals surface area contributed by atoms with Crippen LogP contribution in [0.25, 0.3) is 0 Å². The molecule has 1 atom stereocenters. The molecule has 0 aromatic heterocycles. The van der Waals surface area contributed by atoms with Gasteiger partial charge in [-0.25, -0.2) is 4.39 Å². The standard InChI is InChI=1S/C16H24BrFO2Si/c1-16(2,3)21(4,5)20-15(10-11-17)12-19-14-8-6-13(18)7-9-14/h6-11,15H,12H2,1-5H3/b11-10+/t15-/m0/s1. The van der Waals surface area contributed by atoms with E-state index in [0.717, 1.165) is 0 Å². The first-order valence-corrected chi connectivity index (χ1v) is 10.8. The number of hydrogen-bond acceptors (Lipinski definition) is 2. The lowest BCUT2D eigenvalue weighted by Gasteiger charge is -2.38. The molecule has 0 saturated carbocycles. The zero-order valence-electron chi connectivity index (χ0n) is 13.3. The van der Waals surface area contributed by atoms with Crippen LogP contribution in [0.1, 0.15) is 20.8 Å². The normalized spacial score (nSPS) is 14.4. The minimum atomic E-state index is -1.86. The molecule has 1 aromatic rings. The molecule has 0 unspecified atom stereocenters. The Morgan fingerprint density at radius 3 is 2.29 bits per heavy atom. The lowest BCUT2D eigenvalue weighted by atomic mass is 10.2. The minimum Gasteiger partial charge on any atom is -0.491 e. The van der Waals surface area contributed by atoms with Crippen molar-refractivity contribution >= 4 is 24.2 Å². The average molecular weight is 375 g/mol. The van der Waals surface area contributed by atoms with Gasteiger partial charge in [0.2, 0.25) is 0 Å². The van der Waals surface area contributed by atoms with Crippen molar-refractivity contribution in [3.05, 3.63) is 41.1 Å². The zero-order chi connectivity index (χ0) is 16.1. The van der Waals surface area contributed by atoms with Crippen molar-refractivity contribution in [1.29, 1.82) is 0 Å². The van der Waals surface area contributed by atoms with Crippen LogP contribution >= 0.6 is 15.9 Å². The largest absolute Gasteiger partial charge is 0.491 e. The van der Waals surface area contributed by atoms with Crippen LogP contribution < -0.4 is 4.74 Å². The van der Waals surface area contributed by atoms with Crippen molar-refractivity contribution in [2.24, 2.45) is 0 Å². The molecule has 1 aromatic carbocycles. The van der Waals surface area contributed by atoms with Gasteiger partial charge in [-0.15, -0.1) is 0 Å². The summed E-state index contributed by atoms with van der Waals surface area (Å²) < 4.78 is 24.9. The van der Waals surface area contributed by atoms with Gasteiger partial charge >= 0.3 is 0 Å². The maximum absolute atomic E-state index is 12.9. The van der Waals surface area contributed by atoms with Gasteiger partial charge in [0.1, 0.15) is 18.2 Å². The van der Waals surface area contributed by atoms with E-state index in [0.29, 0.717) is 12.4 Å². The number of ether oxygens (including phenoxy) is 1. The van der Waals surface area contributed by atoms with Crippen LogP contribution in [0.2, 0.25) is 18.1 Å². The summed E-state index contributed by atoms with van der Waals surface area (Å²) in [6, 6.07) is 6.02. The summed E-state index contributed by atoms with van der Waals surface area (Å²) >= 11 is 3.29. The third-order valence-corrected chi connectivity index (χ3v) is 8.58.